The van der Waals surface area contributed by atoms with Crippen LogP contribution in [0.15, 0.2) is 12.4 Å². The Bertz CT molecular complexity index is 472. The summed E-state index contributed by atoms with van der Waals surface area (Å²) in [5.74, 6) is 0.886. The molecular weight excluding hydrogens is 290 g/mol. The Kier molecular flexibility index (Phi) is 6.15. The summed E-state index contributed by atoms with van der Waals surface area (Å²) in [6.07, 6.45) is 9.91. The van der Waals surface area contributed by atoms with Gasteiger partial charge in [0.25, 0.3) is 0 Å². The van der Waals surface area contributed by atoms with Crippen LogP contribution >= 0.6 is 0 Å². The predicted octanol–water partition coefficient (Wildman–Crippen LogP) is 3.39. The van der Waals surface area contributed by atoms with E-state index >= 15 is 0 Å². The van der Waals surface area contributed by atoms with Crippen LogP contribution in [0.1, 0.15) is 50.9 Å². The molecule has 1 fully saturated rings. The predicted molar refractivity (Wildman–Crippen MR) is 79.5 cm³/mol. The SMILES string of the molecule is CN(Cc1nccn1C(F)F)C(=O)NCCC1CCCCC1. The van der Waals surface area contributed by atoms with Gasteiger partial charge in [-0.25, -0.2) is 9.78 Å². The minimum absolute atomic E-state index is 0.0621. The molecule has 1 saturated carbocycles. The van der Waals surface area contributed by atoms with Gasteiger partial charge in [-0.3, -0.25) is 4.57 Å². The third-order valence-corrected chi connectivity index (χ3v) is 4.24. The Morgan fingerprint density at radius 1 is 1.45 bits per heavy atom. The number of amides is 2. The third-order valence-electron chi connectivity index (χ3n) is 4.24. The van der Waals surface area contributed by atoms with Crippen LogP contribution in [0.2, 0.25) is 0 Å². The molecule has 0 aliphatic heterocycles. The standard InChI is InChI=1S/C15H24F2N4O/c1-20(11-13-18-9-10-21(13)14(16)17)15(22)19-8-7-12-5-3-2-4-6-12/h9-10,12,14H,2-8,11H2,1H3,(H,19,22). The molecule has 0 unspecified atom stereocenters. The first kappa shape index (κ1) is 16.7. The van der Waals surface area contributed by atoms with E-state index in [0.29, 0.717) is 12.5 Å². The van der Waals surface area contributed by atoms with Crippen molar-refractivity contribution in [2.45, 2.75) is 51.6 Å². The molecular formula is C15H24F2N4O. The monoisotopic (exact) mass is 314 g/mol. The Morgan fingerprint density at radius 3 is 2.86 bits per heavy atom. The summed E-state index contributed by atoms with van der Waals surface area (Å²) in [5.41, 5.74) is 0. The Morgan fingerprint density at radius 2 is 2.18 bits per heavy atom. The molecule has 0 atom stereocenters. The maximum Gasteiger partial charge on any atom is 0.319 e. The second-order valence-corrected chi connectivity index (χ2v) is 5.91. The summed E-state index contributed by atoms with van der Waals surface area (Å²) in [7, 11) is 1.58. The second kappa shape index (κ2) is 8.10. The molecule has 0 saturated heterocycles. The van der Waals surface area contributed by atoms with Crippen LogP contribution in [0.4, 0.5) is 13.6 Å². The van der Waals surface area contributed by atoms with Gasteiger partial charge < -0.3 is 10.2 Å². The Balaban J connectivity index is 1.73. The fourth-order valence-electron chi connectivity index (χ4n) is 2.92. The van der Waals surface area contributed by atoms with Crippen LogP contribution in [-0.2, 0) is 6.54 Å². The Labute approximate surface area is 129 Å². The van der Waals surface area contributed by atoms with Crippen LogP contribution in [0, 0.1) is 5.92 Å². The number of rotatable bonds is 6. The number of hydrogen-bond donors (Lipinski definition) is 1. The van der Waals surface area contributed by atoms with Gasteiger partial charge in [0.1, 0.15) is 5.82 Å². The second-order valence-electron chi connectivity index (χ2n) is 5.91. The van der Waals surface area contributed by atoms with E-state index < -0.39 is 6.55 Å². The number of aromatic nitrogens is 2. The number of hydrogen-bond acceptors (Lipinski definition) is 2. The lowest BCUT2D eigenvalue weighted by Crippen LogP contribution is -2.38. The van der Waals surface area contributed by atoms with Crippen LogP contribution in [0.25, 0.3) is 0 Å². The van der Waals surface area contributed by atoms with Crippen molar-refractivity contribution in [3.8, 4) is 0 Å². The highest BCUT2D eigenvalue weighted by Crippen LogP contribution is 2.25. The number of imidazole rings is 1. The summed E-state index contributed by atoms with van der Waals surface area (Å²) < 4.78 is 26.2. The summed E-state index contributed by atoms with van der Waals surface area (Å²) in [4.78, 5) is 17.2. The smallest absolute Gasteiger partial charge is 0.319 e. The molecule has 0 aromatic carbocycles. The van der Waals surface area contributed by atoms with Gasteiger partial charge in [0, 0.05) is 26.0 Å². The molecule has 5 nitrogen and oxygen atoms in total. The van der Waals surface area contributed by atoms with Crippen molar-refractivity contribution in [1.82, 2.24) is 19.8 Å². The van der Waals surface area contributed by atoms with Gasteiger partial charge in [-0.2, -0.15) is 8.78 Å². The summed E-state index contributed by atoms with van der Waals surface area (Å²) >= 11 is 0. The average molecular weight is 314 g/mol. The lowest BCUT2D eigenvalue weighted by molar-refractivity contribution is 0.0651. The fraction of sp³-hybridized carbons (Fsp3) is 0.733. The number of alkyl halides is 2. The normalized spacial score (nSPS) is 16.0. The zero-order valence-corrected chi connectivity index (χ0v) is 13.0. The minimum Gasteiger partial charge on any atom is -0.338 e. The van der Waals surface area contributed by atoms with Crippen LogP contribution in [-0.4, -0.2) is 34.1 Å². The highest BCUT2D eigenvalue weighted by molar-refractivity contribution is 5.73. The molecule has 1 N–H and O–H groups in total. The molecule has 1 aromatic rings. The number of halogens is 2. The van der Waals surface area contributed by atoms with E-state index in [0.717, 1.165) is 11.0 Å². The number of carbonyl (C=O) groups excluding carboxylic acids is 1. The quantitative estimate of drug-likeness (QED) is 0.875. The van der Waals surface area contributed by atoms with Crippen LogP contribution in [0.5, 0.6) is 0 Å². The van der Waals surface area contributed by atoms with E-state index in [9.17, 15) is 13.6 Å². The van der Waals surface area contributed by atoms with Crippen molar-refractivity contribution in [3.63, 3.8) is 0 Å². The molecule has 124 valence electrons. The van der Waals surface area contributed by atoms with Crippen LogP contribution < -0.4 is 5.32 Å². The molecule has 2 amide bonds. The van der Waals surface area contributed by atoms with Gasteiger partial charge in [-0.15, -0.1) is 0 Å². The minimum atomic E-state index is -2.64. The van der Waals surface area contributed by atoms with Gasteiger partial charge >= 0.3 is 12.6 Å². The van der Waals surface area contributed by atoms with Crippen molar-refractivity contribution in [2.75, 3.05) is 13.6 Å². The highest BCUT2D eigenvalue weighted by Gasteiger charge is 2.17. The average Bonchev–Trinajstić information content (AvgIpc) is 2.96. The molecule has 22 heavy (non-hydrogen) atoms. The first-order valence-electron chi connectivity index (χ1n) is 7.86. The van der Waals surface area contributed by atoms with E-state index in [1.807, 2.05) is 0 Å². The summed E-state index contributed by atoms with van der Waals surface area (Å²) in [6.45, 7) is -1.94. The lowest BCUT2D eigenvalue weighted by Gasteiger charge is -2.23. The summed E-state index contributed by atoms with van der Waals surface area (Å²) in [6, 6.07) is -0.250. The number of nitrogens with one attached hydrogen (secondary N) is 1. The maximum absolute atomic E-state index is 12.7. The molecule has 1 aromatic heterocycles. The largest absolute Gasteiger partial charge is 0.338 e. The fourth-order valence-corrected chi connectivity index (χ4v) is 2.92. The number of carbonyl (C=O) groups is 1. The van der Waals surface area contributed by atoms with E-state index in [-0.39, 0.29) is 18.4 Å². The van der Waals surface area contributed by atoms with Gasteiger partial charge in [0.2, 0.25) is 0 Å². The van der Waals surface area contributed by atoms with Gasteiger partial charge in [-0.05, 0) is 12.3 Å². The molecule has 1 heterocycles. The van der Waals surface area contributed by atoms with E-state index in [1.54, 1.807) is 7.05 Å². The Hall–Kier alpha value is -1.66. The van der Waals surface area contributed by atoms with Crippen molar-refractivity contribution >= 4 is 6.03 Å². The molecule has 0 bridgehead atoms. The third kappa shape index (κ3) is 4.68. The highest BCUT2D eigenvalue weighted by atomic mass is 19.3. The molecule has 0 radical (unpaired) electrons. The first-order chi connectivity index (χ1) is 10.6. The molecule has 1 aliphatic carbocycles. The zero-order valence-electron chi connectivity index (χ0n) is 13.0. The van der Waals surface area contributed by atoms with Crippen molar-refractivity contribution in [3.05, 3.63) is 18.2 Å². The lowest BCUT2D eigenvalue weighted by atomic mass is 9.87. The molecule has 0 spiro atoms. The van der Waals surface area contributed by atoms with Gasteiger partial charge in [0.05, 0.1) is 6.54 Å². The van der Waals surface area contributed by atoms with Crippen molar-refractivity contribution in [2.24, 2.45) is 5.92 Å². The molecule has 1 aliphatic rings. The molecule has 7 heteroatoms. The van der Waals surface area contributed by atoms with E-state index in [4.69, 9.17) is 0 Å². The number of urea groups is 1. The number of nitrogens with zero attached hydrogens (tertiary/aromatic N) is 3. The van der Waals surface area contributed by atoms with E-state index in [2.05, 4.69) is 10.3 Å². The van der Waals surface area contributed by atoms with Crippen molar-refractivity contribution in [1.29, 1.82) is 0 Å². The van der Waals surface area contributed by atoms with Crippen molar-refractivity contribution < 1.29 is 13.6 Å². The summed E-state index contributed by atoms with van der Waals surface area (Å²) in [5, 5.41) is 2.85. The van der Waals surface area contributed by atoms with Gasteiger partial charge in [0.15, 0.2) is 0 Å². The molecule has 2 rings (SSSR count). The van der Waals surface area contributed by atoms with E-state index in [1.165, 1.54) is 49.4 Å². The first-order valence-corrected chi connectivity index (χ1v) is 7.86. The van der Waals surface area contributed by atoms with Gasteiger partial charge in [-0.1, -0.05) is 32.1 Å². The maximum atomic E-state index is 12.7. The topological polar surface area (TPSA) is 50.2 Å². The zero-order chi connectivity index (χ0) is 15.9. The van der Waals surface area contributed by atoms with Crippen LogP contribution in [0.3, 0.4) is 0 Å².